The average molecular weight is 462 g/mol. The number of piperidine rings is 1. The van der Waals surface area contributed by atoms with E-state index in [0.717, 1.165) is 31.9 Å². The van der Waals surface area contributed by atoms with E-state index < -0.39 is 34.6 Å². The number of carbonyl (C=O) groups is 1. The van der Waals surface area contributed by atoms with Gasteiger partial charge in [-0.15, -0.1) is 0 Å². The zero-order valence-electron chi connectivity index (χ0n) is 19.2. The third-order valence-electron chi connectivity index (χ3n) is 6.75. The van der Waals surface area contributed by atoms with E-state index in [4.69, 9.17) is 0 Å². The van der Waals surface area contributed by atoms with Gasteiger partial charge in [0.25, 0.3) is 5.91 Å². The Bertz CT molecular complexity index is 1050. The van der Waals surface area contributed by atoms with Crippen molar-refractivity contribution in [2.75, 3.05) is 25.0 Å². The van der Waals surface area contributed by atoms with Crippen molar-refractivity contribution in [2.45, 2.75) is 57.7 Å². The van der Waals surface area contributed by atoms with Crippen LogP contribution in [0.2, 0.25) is 0 Å². The molecule has 1 amide bonds. The zero-order chi connectivity index (χ0) is 23.9. The fourth-order valence-corrected chi connectivity index (χ4v) is 5.00. The fourth-order valence-electron chi connectivity index (χ4n) is 5.00. The Morgan fingerprint density at radius 2 is 1.85 bits per heavy atom. The monoisotopic (exact) mass is 461 g/mol. The Balaban J connectivity index is 1.56. The summed E-state index contributed by atoms with van der Waals surface area (Å²) in [4.78, 5) is 16.9. The van der Waals surface area contributed by atoms with Crippen LogP contribution >= 0.6 is 0 Å². The Labute approximate surface area is 192 Å². The highest BCUT2D eigenvalue weighted by Gasteiger charge is 2.52. The number of nitrogens with zero attached hydrogens (tertiary/aromatic N) is 2. The van der Waals surface area contributed by atoms with Crippen molar-refractivity contribution < 1.29 is 23.1 Å². The first kappa shape index (κ1) is 23.6. The molecule has 0 bridgehead atoms. The highest BCUT2D eigenvalue weighted by molar-refractivity contribution is 6.01. The molecule has 1 unspecified atom stereocenters. The van der Waals surface area contributed by atoms with Crippen molar-refractivity contribution in [2.24, 2.45) is 0 Å². The Morgan fingerprint density at radius 3 is 2.52 bits per heavy atom. The van der Waals surface area contributed by atoms with E-state index in [1.165, 1.54) is 23.1 Å². The third-order valence-corrected chi connectivity index (χ3v) is 6.75. The molecule has 2 heterocycles. The molecule has 8 heteroatoms. The van der Waals surface area contributed by atoms with E-state index in [-0.39, 0.29) is 36.4 Å². The molecule has 0 spiro atoms. The highest BCUT2D eigenvalue weighted by atomic mass is 19.2. The summed E-state index contributed by atoms with van der Waals surface area (Å²) in [5.74, 6) is -3.58. The van der Waals surface area contributed by atoms with Gasteiger partial charge in [0.15, 0.2) is 11.6 Å². The van der Waals surface area contributed by atoms with Gasteiger partial charge in [0, 0.05) is 12.1 Å². The Hall–Kier alpha value is -2.58. The van der Waals surface area contributed by atoms with Crippen molar-refractivity contribution in [3.63, 3.8) is 0 Å². The molecule has 2 aliphatic heterocycles. The Kier molecular flexibility index (Phi) is 6.42. The molecule has 2 fully saturated rings. The number of carbonyl (C=O) groups excluding carboxylic acids is 1. The number of aryl methyl sites for hydroxylation is 1. The summed E-state index contributed by atoms with van der Waals surface area (Å²) < 4.78 is 43.0. The zero-order valence-corrected chi connectivity index (χ0v) is 19.2. The van der Waals surface area contributed by atoms with Crippen LogP contribution in [0, 0.1) is 24.4 Å². The van der Waals surface area contributed by atoms with Crippen molar-refractivity contribution in [1.29, 1.82) is 0 Å². The van der Waals surface area contributed by atoms with E-state index in [9.17, 15) is 23.1 Å². The van der Waals surface area contributed by atoms with E-state index in [1.807, 2.05) is 0 Å². The number of amides is 1. The molecule has 0 aromatic heterocycles. The molecule has 1 atom stereocenters. The van der Waals surface area contributed by atoms with Gasteiger partial charge in [-0.05, 0) is 70.0 Å². The minimum atomic E-state index is -1.25. The molecular formula is C25H30F3N3O2. The van der Waals surface area contributed by atoms with Crippen LogP contribution in [0.3, 0.4) is 0 Å². The minimum Gasteiger partial charge on any atom is -0.385 e. The number of likely N-dealkylation sites (tertiary alicyclic amines) is 2. The number of benzene rings is 2. The molecule has 2 aromatic rings. The summed E-state index contributed by atoms with van der Waals surface area (Å²) >= 11 is 0. The van der Waals surface area contributed by atoms with Gasteiger partial charge in [0.05, 0.1) is 30.0 Å². The first-order valence-corrected chi connectivity index (χ1v) is 11.4. The van der Waals surface area contributed by atoms with Gasteiger partial charge in [0.1, 0.15) is 11.4 Å². The molecule has 4 rings (SSSR count). The normalized spacial score (nSPS) is 20.6. The van der Waals surface area contributed by atoms with Crippen molar-refractivity contribution in [1.82, 2.24) is 9.80 Å². The van der Waals surface area contributed by atoms with Gasteiger partial charge in [-0.25, -0.2) is 13.2 Å². The number of nitrogens with one attached hydrogen (secondary N) is 1. The minimum absolute atomic E-state index is 0.0560. The van der Waals surface area contributed by atoms with Gasteiger partial charge >= 0.3 is 0 Å². The van der Waals surface area contributed by atoms with Gasteiger partial charge < -0.3 is 15.3 Å². The van der Waals surface area contributed by atoms with E-state index in [1.54, 1.807) is 13.0 Å². The maximum absolute atomic E-state index is 14.7. The molecule has 2 saturated heterocycles. The lowest BCUT2D eigenvalue weighted by molar-refractivity contribution is -0.145. The maximum atomic E-state index is 14.7. The predicted octanol–water partition coefficient (Wildman–Crippen LogP) is 4.61. The number of hydrogen-bond donors (Lipinski definition) is 2. The second-order valence-corrected chi connectivity index (χ2v) is 9.50. The first-order chi connectivity index (χ1) is 15.6. The summed E-state index contributed by atoms with van der Waals surface area (Å²) in [5, 5.41) is 13.8. The molecule has 0 aliphatic carbocycles. The summed E-state index contributed by atoms with van der Waals surface area (Å²) in [6, 6.07) is 6.59. The standard InChI is InChI=1S/C25H30F3N3O2/c1-15(2)31-11-5-4-6-21(31)25(33)13-30(14-25)24(32)17-8-9-18(26)22(28)23(17)29-20-10-7-16(3)12-19(20)27/h7-10,12,15,21,29,33H,4-6,11,13-14H2,1-3H3. The van der Waals surface area contributed by atoms with Gasteiger partial charge in [0.2, 0.25) is 0 Å². The van der Waals surface area contributed by atoms with Crippen LogP contribution in [0.5, 0.6) is 0 Å². The van der Waals surface area contributed by atoms with E-state index >= 15 is 0 Å². The number of halogens is 3. The topological polar surface area (TPSA) is 55.8 Å². The highest BCUT2D eigenvalue weighted by Crippen LogP contribution is 2.37. The lowest BCUT2D eigenvalue weighted by atomic mass is 9.79. The molecular weight excluding hydrogens is 431 g/mol. The molecule has 2 aliphatic rings. The Morgan fingerprint density at radius 1 is 1.12 bits per heavy atom. The number of β-amino-alcohol motifs (C(OH)–C–C–N with tert-alkyl or cyclic N) is 1. The van der Waals surface area contributed by atoms with E-state index in [2.05, 4.69) is 24.1 Å². The largest absolute Gasteiger partial charge is 0.385 e. The number of anilines is 2. The van der Waals surface area contributed by atoms with Gasteiger partial charge in [-0.2, -0.15) is 0 Å². The number of rotatable bonds is 5. The second kappa shape index (κ2) is 8.99. The fraction of sp³-hybridized carbons (Fsp3) is 0.480. The van der Waals surface area contributed by atoms with Crippen LogP contribution in [-0.2, 0) is 0 Å². The SMILES string of the molecule is Cc1ccc(Nc2c(C(=O)N3CC(O)(C4CCCCN4C(C)C)C3)ccc(F)c2F)c(F)c1. The van der Waals surface area contributed by atoms with E-state index in [0.29, 0.717) is 5.56 Å². The molecule has 2 aromatic carbocycles. The summed E-state index contributed by atoms with van der Waals surface area (Å²) in [7, 11) is 0. The lowest BCUT2D eigenvalue weighted by Crippen LogP contribution is -2.73. The number of hydrogen-bond acceptors (Lipinski definition) is 4. The van der Waals surface area contributed by atoms with Gasteiger partial charge in [-0.3, -0.25) is 9.69 Å². The molecule has 0 radical (unpaired) electrons. The molecule has 2 N–H and O–H groups in total. The van der Waals surface area contributed by atoms with Crippen LogP contribution in [0.4, 0.5) is 24.5 Å². The van der Waals surface area contributed by atoms with Crippen LogP contribution in [-0.4, -0.2) is 58.1 Å². The average Bonchev–Trinajstić information content (AvgIpc) is 2.76. The smallest absolute Gasteiger partial charge is 0.256 e. The number of aliphatic hydroxyl groups is 1. The summed E-state index contributed by atoms with van der Waals surface area (Å²) in [6.45, 7) is 7.01. The molecule has 33 heavy (non-hydrogen) atoms. The summed E-state index contributed by atoms with van der Waals surface area (Å²) in [5.41, 5.74) is -0.962. The lowest BCUT2D eigenvalue weighted by Gasteiger charge is -2.55. The van der Waals surface area contributed by atoms with Crippen molar-refractivity contribution in [3.05, 3.63) is 58.9 Å². The molecule has 5 nitrogen and oxygen atoms in total. The maximum Gasteiger partial charge on any atom is 0.256 e. The van der Waals surface area contributed by atoms with Crippen LogP contribution in [0.1, 0.15) is 49.0 Å². The predicted molar refractivity (Wildman–Crippen MR) is 121 cm³/mol. The van der Waals surface area contributed by atoms with Crippen molar-refractivity contribution >= 4 is 17.3 Å². The first-order valence-electron chi connectivity index (χ1n) is 11.4. The van der Waals surface area contributed by atoms with Crippen LogP contribution in [0.25, 0.3) is 0 Å². The van der Waals surface area contributed by atoms with Crippen LogP contribution < -0.4 is 5.32 Å². The van der Waals surface area contributed by atoms with Crippen LogP contribution in [0.15, 0.2) is 30.3 Å². The third kappa shape index (κ3) is 4.46. The molecule has 0 saturated carbocycles. The van der Waals surface area contributed by atoms with Gasteiger partial charge in [-0.1, -0.05) is 12.5 Å². The second-order valence-electron chi connectivity index (χ2n) is 9.50. The van der Waals surface area contributed by atoms with Crippen molar-refractivity contribution in [3.8, 4) is 0 Å². The quantitative estimate of drug-likeness (QED) is 0.683. The summed E-state index contributed by atoms with van der Waals surface area (Å²) in [6.07, 6.45) is 2.94. The molecule has 178 valence electrons.